The van der Waals surface area contributed by atoms with Crippen molar-refractivity contribution < 1.29 is 0 Å². The van der Waals surface area contributed by atoms with Gasteiger partial charge in [0.05, 0.1) is 0 Å². The van der Waals surface area contributed by atoms with Crippen LogP contribution in [0.2, 0.25) is 0 Å². The van der Waals surface area contributed by atoms with Gasteiger partial charge in [-0.05, 0) is 87.8 Å². The monoisotopic (exact) mass is 272 g/mol. The van der Waals surface area contributed by atoms with Crippen LogP contribution >= 0.6 is 0 Å². The second-order valence-electron chi connectivity index (χ2n) is 7.89. The first-order valence-corrected chi connectivity index (χ1v) is 8.58. The van der Waals surface area contributed by atoms with Crippen molar-refractivity contribution in [2.75, 3.05) is 0 Å². The lowest BCUT2D eigenvalue weighted by atomic mass is 9.62. The zero-order chi connectivity index (χ0) is 13.8. The fourth-order valence-corrected chi connectivity index (χ4v) is 5.76. The Morgan fingerprint density at radius 1 is 1.00 bits per heavy atom. The zero-order valence-corrected chi connectivity index (χ0v) is 12.6. The van der Waals surface area contributed by atoms with Crippen LogP contribution in [0.25, 0.3) is 11.1 Å². The number of benzene rings is 1. The van der Waals surface area contributed by atoms with Crippen LogP contribution in [0.1, 0.15) is 43.7 Å². The van der Waals surface area contributed by atoms with E-state index in [2.05, 4.69) is 31.2 Å². The molecule has 0 saturated carbocycles. The Kier molecular flexibility index (Phi) is 1.72. The van der Waals surface area contributed by atoms with Crippen molar-refractivity contribution in [2.24, 2.45) is 11.3 Å². The summed E-state index contributed by atoms with van der Waals surface area (Å²) in [6.07, 6.45) is 12.9. The molecule has 0 bridgehead atoms. The summed E-state index contributed by atoms with van der Waals surface area (Å²) in [6, 6.07) is 4.89. The van der Waals surface area contributed by atoms with Gasteiger partial charge >= 0.3 is 0 Å². The lowest BCUT2D eigenvalue weighted by Crippen LogP contribution is -2.40. The second kappa shape index (κ2) is 3.27. The van der Waals surface area contributed by atoms with E-state index in [1.54, 1.807) is 43.9 Å². The lowest BCUT2D eigenvalue weighted by molar-refractivity contribution is 0.360. The summed E-state index contributed by atoms with van der Waals surface area (Å²) >= 11 is 0. The first-order chi connectivity index (χ1) is 10.3. The maximum Gasteiger partial charge on any atom is 0.00367 e. The first-order valence-electron chi connectivity index (χ1n) is 8.58. The maximum atomic E-state index is 2.54. The van der Waals surface area contributed by atoms with E-state index in [0.717, 1.165) is 0 Å². The molecule has 5 aliphatic rings. The van der Waals surface area contributed by atoms with Gasteiger partial charge < -0.3 is 0 Å². The molecule has 6 rings (SSSR count). The van der Waals surface area contributed by atoms with Crippen molar-refractivity contribution in [2.45, 2.75) is 45.4 Å². The molecule has 0 radical (unpaired) electrons. The van der Waals surface area contributed by atoms with Crippen molar-refractivity contribution >= 4 is 11.1 Å². The molecule has 0 spiro atoms. The van der Waals surface area contributed by atoms with E-state index in [9.17, 15) is 0 Å². The molecule has 2 unspecified atom stereocenters. The Labute approximate surface area is 125 Å². The van der Waals surface area contributed by atoms with Crippen molar-refractivity contribution in [3.05, 3.63) is 57.0 Å². The topological polar surface area (TPSA) is 0 Å². The number of rotatable bonds is 0. The highest BCUT2D eigenvalue weighted by Gasteiger charge is 2.45. The summed E-state index contributed by atoms with van der Waals surface area (Å²) in [5, 5.41) is 3.38. The fraction of sp³-hybridized carbons (Fsp3) is 0.429. The Morgan fingerprint density at radius 3 is 2.71 bits per heavy atom. The average Bonchev–Trinajstić information content (AvgIpc) is 2.89. The number of aryl methyl sites for hydroxylation is 2. The van der Waals surface area contributed by atoms with Crippen LogP contribution in [0.5, 0.6) is 0 Å². The highest BCUT2D eigenvalue weighted by atomic mass is 14.5. The van der Waals surface area contributed by atoms with Gasteiger partial charge in [0.15, 0.2) is 0 Å². The van der Waals surface area contributed by atoms with Gasteiger partial charge in [0.25, 0.3) is 0 Å². The summed E-state index contributed by atoms with van der Waals surface area (Å²) < 4.78 is 0. The molecular formula is C21H20. The summed E-state index contributed by atoms with van der Waals surface area (Å²) in [7, 11) is 0. The summed E-state index contributed by atoms with van der Waals surface area (Å²) in [6.45, 7) is 2.54. The molecule has 1 aromatic carbocycles. The van der Waals surface area contributed by atoms with Crippen LogP contribution in [0.15, 0.2) is 35.4 Å². The Bertz CT molecular complexity index is 906. The number of hydrogen-bond donors (Lipinski definition) is 0. The van der Waals surface area contributed by atoms with Crippen molar-refractivity contribution in [3.8, 4) is 0 Å². The molecule has 21 heavy (non-hydrogen) atoms. The molecule has 0 amide bonds. The standard InChI is InChI=1S/C21H20/c1-21-10-8-14-6-4-12-2-3-13-5-7-15(9-11-21)19-17(13)16(12)18(14)20(19)21/h4-7,12H,2-3,8-11H2,1H3. The van der Waals surface area contributed by atoms with Gasteiger partial charge in [0.2, 0.25) is 0 Å². The molecule has 2 atom stereocenters. The summed E-state index contributed by atoms with van der Waals surface area (Å²) in [5.74, 6) is 0.697. The van der Waals surface area contributed by atoms with Gasteiger partial charge in [-0.3, -0.25) is 0 Å². The SMILES string of the molecule is CC12CCC3=C4C5=c6c(ccc(c6=C41)CC2)CCC5C=C3. The van der Waals surface area contributed by atoms with E-state index < -0.39 is 0 Å². The zero-order valence-electron chi connectivity index (χ0n) is 12.6. The van der Waals surface area contributed by atoms with E-state index in [4.69, 9.17) is 0 Å². The number of allylic oxidation sites excluding steroid dienone is 4. The smallest absolute Gasteiger partial charge is 0.00367 e. The van der Waals surface area contributed by atoms with Gasteiger partial charge in [0, 0.05) is 5.92 Å². The third kappa shape index (κ3) is 1.10. The van der Waals surface area contributed by atoms with E-state index >= 15 is 0 Å². The summed E-state index contributed by atoms with van der Waals surface area (Å²) in [4.78, 5) is 0. The highest BCUT2D eigenvalue weighted by Crippen LogP contribution is 2.55. The van der Waals surface area contributed by atoms with Crippen LogP contribution in [0.4, 0.5) is 0 Å². The average molecular weight is 272 g/mol. The van der Waals surface area contributed by atoms with Gasteiger partial charge in [-0.1, -0.05) is 31.2 Å². The van der Waals surface area contributed by atoms with Gasteiger partial charge in [0.1, 0.15) is 0 Å². The Hall–Kier alpha value is -1.56. The quantitative estimate of drug-likeness (QED) is 0.680. The third-order valence-corrected chi connectivity index (χ3v) is 6.86. The maximum absolute atomic E-state index is 2.54. The van der Waals surface area contributed by atoms with Crippen molar-refractivity contribution in [3.63, 3.8) is 0 Å². The number of hydrogen-bond acceptors (Lipinski definition) is 0. The molecule has 0 fully saturated rings. The molecular weight excluding hydrogens is 252 g/mol. The van der Waals surface area contributed by atoms with Gasteiger partial charge in [-0.25, -0.2) is 0 Å². The third-order valence-electron chi connectivity index (χ3n) is 6.86. The minimum Gasteiger partial charge on any atom is -0.0767 e. The van der Waals surface area contributed by atoms with E-state index in [0.29, 0.717) is 11.3 Å². The largest absolute Gasteiger partial charge is 0.0767 e. The predicted octanol–water partition coefficient (Wildman–Crippen LogP) is 3.18. The van der Waals surface area contributed by atoms with E-state index in [1.807, 2.05) is 0 Å². The van der Waals surface area contributed by atoms with Gasteiger partial charge in [-0.15, -0.1) is 0 Å². The first kappa shape index (κ1) is 11.1. The lowest BCUT2D eigenvalue weighted by Gasteiger charge is -2.42. The Balaban J connectivity index is 1.94. The molecule has 0 aliphatic heterocycles. The normalized spacial score (nSPS) is 33.9. The molecule has 0 N–H and O–H groups in total. The summed E-state index contributed by atoms with van der Waals surface area (Å²) in [5.41, 5.74) is 10.6. The molecule has 0 heterocycles. The van der Waals surface area contributed by atoms with E-state index in [1.165, 1.54) is 38.5 Å². The second-order valence-corrected chi connectivity index (χ2v) is 7.89. The van der Waals surface area contributed by atoms with Crippen LogP contribution in [-0.2, 0) is 12.8 Å². The minimum absolute atomic E-state index is 0.445. The Morgan fingerprint density at radius 2 is 1.81 bits per heavy atom. The molecule has 104 valence electrons. The molecule has 0 nitrogen and oxygen atoms in total. The molecule has 1 aromatic rings. The van der Waals surface area contributed by atoms with Crippen molar-refractivity contribution in [1.82, 2.24) is 0 Å². The molecule has 5 aliphatic carbocycles. The molecule has 0 heteroatoms. The highest BCUT2D eigenvalue weighted by molar-refractivity contribution is 5.97. The van der Waals surface area contributed by atoms with Gasteiger partial charge in [-0.2, -0.15) is 0 Å². The fourth-order valence-electron chi connectivity index (χ4n) is 5.76. The molecule has 0 aromatic heterocycles. The predicted molar refractivity (Wildman–Crippen MR) is 86.1 cm³/mol. The van der Waals surface area contributed by atoms with E-state index in [-0.39, 0.29) is 0 Å². The van der Waals surface area contributed by atoms with Crippen LogP contribution in [0, 0.1) is 11.3 Å². The molecule has 0 saturated heterocycles. The minimum atomic E-state index is 0.445. The van der Waals surface area contributed by atoms with Crippen LogP contribution in [-0.4, -0.2) is 0 Å². The van der Waals surface area contributed by atoms with Crippen molar-refractivity contribution in [1.29, 1.82) is 0 Å². The van der Waals surface area contributed by atoms with Crippen LogP contribution in [0.3, 0.4) is 0 Å². The van der Waals surface area contributed by atoms with Crippen LogP contribution < -0.4 is 10.4 Å².